The summed E-state index contributed by atoms with van der Waals surface area (Å²) in [6.07, 6.45) is -5.82. The number of rotatable bonds is 5. The van der Waals surface area contributed by atoms with E-state index in [1.54, 1.807) is 35.7 Å². The smallest absolute Gasteiger partial charge is 0.293 e. The van der Waals surface area contributed by atoms with Crippen LogP contribution in [-0.4, -0.2) is 23.6 Å². The molecule has 1 N–H and O–H groups in total. The normalized spacial score (nSPS) is 12.4. The van der Waals surface area contributed by atoms with Crippen molar-refractivity contribution in [2.75, 3.05) is 0 Å². The number of hydrazone groups is 1. The average molecular weight is 431 g/mol. The minimum atomic E-state index is -4.86. The van der Waals surface area contributed by atoms with Gasteiger partial charge in [0.15, 0.2) is 5.78 Å². The minimum absolute atomic E-state index is 0.0488. The van der Waals surface area contributed by atoms with Crippen LogP contribution in [0.2, 0.25) is 5.02 Å². The van der Waals surface area contributed by atoms with Crippen molar-refractivity contribution in [1.29, 1.82) is 0 Å². The molecule has 1 aromatic carbocycles. The zero-order chi connectivity index (χ0) is 19.6. The van der Waals surface area contributed by atoms with E-state index in [2.05, 4.69) is 5.10 Å². The monoisotopic (exact) mass is 430 g/mol. The quantitative estimate of drug-likeness (QED) is 0.328. The van der Waals surface area contributed by atoms with Gasteiger partial charge in [0.1, 0.15) is 10.6 Å². The molecular formula is C17H10ClF3N2O2S2. The number of thiophene rings is 2. The number of amides is 1. The summed E-state index contributed by atoms with van der Waals surface area (Å²) in [5.41, 5.74) is 0.481. The van der Waals surface area contributed by atoms with Gasteiger partial charge in [0.2, 0.25) is 0 Å². The Bertz CT molecular complexity index is 1030. The van der Waals surface area contributed by atoms with Crippen LogP contribution in [0.25, 0.3) is 10.1 Å². The molecule has 0 unspecified atom stereocenters. The highest BCUT2D eigenvalue weighted by Crippen LogP contribution is 2.35. The molecule has 0 bridgehead atoms. The Balaban J connectivity index is 1.82. The molecule has 0 saturated heterocycles. The third-order valence-corrected chi connectivity index (χ3v) is 6.07. The Morgan fingerprint density at radius 3 is 2.52 bits per heavy atom. The van der Waals surface area contributed by atoms with Crippen molar-refractivity contribution in [1.82, 2.24) is 5.43 Å². The number of halogens is 4. The summed E-state index contributed by atoms with van der Waals surface area (Å²) in [7, 11) is 0. The third kappa shape index (κ3) is 4.37. The van der Waals surface area contributed by atoms with Gasteiger partial charge in [-0.2, -0.15) is 18.3 Å². The molecular weight excluding hydrogens is 421 g/mol. The summed E-state index contributed by atoms with van der Waals surface area (Å²) in [6.45, 7) is 0. The Kier molecular flexibility index (Phi) is 5.64. The van der Waals surface area contributed by atoms with Crippen molar-refractivity contribution >= 4 is 61.8 Å². The van der Waals surface area contributed by atoms with Gasteiger partial charge in [-0.15, -0.1) is 22.7 Å². The summed E-state index contributed by atoms with van der Waals surface area (Å²) < 4.78 is 40.2. The van der Waals surface area contributed by atoms with E-state index < -0.39 is 30.0 Å². The summed E-state index contributed by atoms with van der Waals surface area (Å²) in [5, 5.41) is 5.51. The van der Waals surface area contributed by atoms with Crippen LogP contribution < -0.4 is 5.43 Å². The molecule has 0 atom stereocenters. The molecule has 27 heavy (non-hydrogen) atoms. The number of benzene rings is 1. The number of nitrogens with zero attached hydrogens (tertiary/aromatic N) is 1. The number of hydrogen-bond donors (Lipinski definition) is 1. The Labute approximate surface area is 164 Å². The number of carbonyl (C=O) groups is 2. The molecule has 0 aliphatic carbocycles. The van der Waals surface area contributed by atoms with E-state index in [1.807, 2.05) is 5.43 Å². The zero-order valence-corrected chi connectivity index (χ0v) is 15.7. The van der Waals surface area contributed by atoms with E-state index in [-0.39, 0.29) is 14.8 Å². The molecule has 0 aliphatic heterocycles. The maximum absolute atomic E-state index is 13.2. The first-order valence-corrected chi connectivity index (χ1v) is 9.52. The second-order valence-corrected chi connectivity index (χ2v) is 7.69. The number of carbonyl (C=O) groups excluding carboxylic acids is 2. The lowest BCUT2D eigenvalue weighted by Crippen LogP contribution is -2.30. The second kappa shape index (κ2) is 7.79. The van der Waals surface area contributed by atoms with Crippen LogP contribution in [0, 0.1) is 0 Å². The van der Waals surface area contributed by atoms with E-state index in [4.69, 9.17) is 11.6 Å². The van der Waals surface area contributed by atoms with E-state index in [9.17, 15) is 22.8 Å². The van der Waals surface area contributed by atoms with Crippen LogP contribution in [0.5, 0.6) is 0 Å². The van der Waals surface area contributed by atoms with Crippen LogP contribution in [0.1, 0.15) is 25.8 Å². The summed E-state index contributed by atoms with van der Waals surface area (Å²) >= 11 is 8.21. The SMILES string of the molecule is O=C(CC(=NNC(=O)c1sc2ccccc2c1Cl)C(F)(F)F)c1cccs1. The van der Waals surface area contributed by atoms with Gasteiger partial charge in [0, 0.05) is 10.1 Å². The molecule has 1 amide bonds. The van der Waals surface area contributed by atoms with Gasteiger partial charge in [-0.05, 0) is 17.5 Å². The van der Waals surface area contributed by atoms with Gasteiger partial charge >= 0.3 is 6.18 Å². The molecule has 0 saturated carbocycles. The van der Waals surface area contributed by atoms with Gasteiger partial charge in [0.05, 0.1) is 16.3 Å². The topological polar surface area (TPSA) is 58.5 Å². The van der Waals surface area contributed by atoms with Crippen molar-refractivity contribution in [3.63, 3.8) is 0 Å². The lowest BCUT2D eigenvalue weighted by molar-refractivity contribution is -0.0605. The molecule has 3 aromatic rings. The van der Waals surface area contributed by atoms with Crippen molar-refractivity contribution in [2.45, 2.75) is 12.6 Å². The number of Topliss-reactive ketones (excluding diaryl/α,β-unsaturated/α-hetero) is 1. The number of fused-ring (bicyclic) bond motifs is 1. The lowest BCUT2D eigenvalue weighted by Gasteiger charge is -2.09. The molecule has 0 aliphatic rings. The molecule has 0 spiro atoms. The van der Waals surface area contributed by atoms with Crippen molar-refractivity contribution in [3.8, 4) is 0 Å². The van der Waals surface area contributed by atoms with Crippen LogP contribution in [0.3, 0.4) is 0 Å². The standard InChI is InChI=1S/C17H10ClF3N2O2S2/c18-14-9-4-1-2-5-11(9)27-15(14)16(25)23-22-13(17(19,20)21)8-10(24)12-6-3-7-26-12/h1-7H,8H2,(H,23,25). The molecule has 10 heteroatoms. The molecule has 4 nitrogen and oxygen atoms in total. The lowest BCUT2D eigenvalue weighted by atomic mass is 10.1. The number of nitrogens with one attached hydrogen (secondary N) is 1. The van der Waals surface area contributed by atoms with E-state index in [0.29, 0.717) is 5.39 Å². The molecule has 2 aromatic heterocycles. The van der Waals surface area contributed by atoms with Crippen LogP contribution in [0.15, 0.2) is 46.9 Å². The predicted octanol–water partition coefficient (Wildman–Crippen LogP) is 5.54. The largest absolute Gasteiger partial charge is 0.431 e. The summed E-state index contributed by atoms with van der Waals surface area (Å²) in [4.78, 5) is 24.4. The second-order valence-electron chi connectivity index (χ2n) is 5.32. The fourth-order valence-electron chi connectivity index (χ4n) is 2.21. The van der Waals surface area contributed by atoms with Crippen molar-refractivity contribution in [3.05, 3.63) is 56.6 Å². The Morgan fingerprint density at radius 2 is 1.89 bits per heavy atom. The first-order valence-electron chi connectivity index (χ1n) is 7.45. The third-order valence-electron chi connectivity index (χ3n) is 3.48. The molecule has 0 fully saturated rings. The van der Waals surface area contributed by atoms with Crippen LogP contribution in [0.4, 0.5) is 13.2 Å². The Morgan fingerprint density at radius 1 is 1.15 bits per heavy atom. The van der Waals surface area contributed by atoms with Gasteiger partial charge in [0.25, 0.3) is 5.91 Å². The van der Waals surface area contributed by atoms with E-state index >= 15 is 0 Å². The minimum Gasteiger partial charge on any atom is -0.293 e. The average Bonchev–Trinajstić information content (AvgIpc) is 3.26. The molecule has 2 heterocycles. The van der Waals surface area contributed by atoms with Gasteiger partial charge in [-0.25, -0.2) is 5.43 Å². The highest BCUT2D eigenvalue weighted by Gasteiger charge is 2.37. The van der Waals surface area contributed by atoms with E-state index in [0.717, 1.165) is 27.4 Å². The number of ketones is 1. The van der Waals surface area contributed by atoms with Crippen molar-refractivity contribution < 1.29 is 22.8 Å². The highest BCUT2D eigenvalue weighted by atomic mass is 35.5. The summed E-state index contributed by atoms with van der Waals surface area (Å²) in [5.74, 6) is -1.60. The first-order chi connectivity index (χ1) is 12.8. The van der Waals surface area contributed by atoms with Crippen molar-refractivity contribution in [2.24, 2.45) is 5.10 Å². The highest BCUT2D eigenvalue weighted by molar-refractivity contribution is 7.21. The molecule has 140 valence electrons. The maximum Gasteiger partial charge on any atom is 0.431 e. The van der Waals surface area contributed by atoms with Gasteiger partial charge < -0.3 is 0 Å². The van der Waals surface area contributed by atoms with Crippen LogP contribution >= 0.6 is 34.3 Å². The predicted molar refractivity (Wildman–Crippen MR) is 101 cm³/mol. The van der Waals surface area contributed by atoms with Gasteiger partial charge in [-0.1, -0.05) is 35.9 Å². The maximum atomic E-state index is 13.2. The van der Waals surface area contributed by atoms with Crippen LogP contribution in [-0.2, 0) is 0 Å². The fraction of sp³-hybridized carbons (Fsp3) is 0.118. The van der Waals surface area contributed by atoms with E-state index in [1.165, 1.54) is 6.07 Å². The first kappa shape index (κ1) is 19.5. The fourth-order valence-corrected chi connectivity index (χ4v) is 4.28. The zero-order valence-electron chi connectivity index (χ0n) is 13.3. The molecule has 3 rings (SSSR count). The Hall–Kier alpha value is -2.23. The number of hydrogen-bond acceptors (Lipinski definition) is 5. The summed E-state index contributed by atoms with van der Waals surface area (Å²) in [6, 6.07) is 9.93. The number of alkyl halides is 3. The van der Waals surface area contributed by atoms with Gasteiger partial charge in [-0.3, -0.25) is 9.59 Å². The molecule has 0 radical (unpaired) electrons.